The molecule has 0 radical (unpaired) electrons. The number of rotatable bonds is 7. The van der Waals surface area contributed by atoms with Crippen LogP contribution >= 0.6 is 0 Å². The number of aryl methyl sites for hydroxylation is 2. The van der Waals surface area contributed by atoms with Gasteiger partial charge in [-0.1, -0.05) is 36.4 Å². The Balaban J connectivity index is 1.65. The van der Waals surface area contributed by atoms with Gasteiger partial charge in [0.05, 0.1) is 6.61 Å². The van der Waals surface area contributed by atoms with E-state index >= 15 is 0 Å². The van der Waals surface area contributed by atoms with E-state index in [1.807, 2.05) is 30.3 Å². The highest BCUT2D eigenvalue weighted by molar-refractivity contribution is 5.33. The third-order valence-corrected chi connectivity index (χ3v) is 3.46. The van der Waals surface area contributed by atoms with Gasteiger partial charge in [0.25, 0.3) is 0 Å². The summed E-state index contributed by atoms with van der Waals surface area (Å²) in [6, 6.07) is 16.4. The Kier molecular flexibility index (Phi) is 5.63. The zero-order valence-corrected chi connectivity index (χ0v) is 12.4. The van der Waals surface area contributed by atoms with E-state index in [0.29, 0.717) is 0 Å². The highest BCUT2D eigenvalue weighted by atomic mass is 16.5. The van der Waals surface area contributed by atoms with Crippen molar-refractivity contribution in [2.75, 3.05) is 13.2 Å². The van der Waals surface area contributed by atoms with Gasteiger partial charge in [0.15, 0.2) is 0 Å². The zero-order chi connectivity index (χ0) is 14.2. The van der Waals surface area contributed by atoms with Crippen LogP contribution < -0.4 is 10.1 Å². The van der Waals surface area contributed by atoms with Crippen LogP contribution in [-0.2, 0) is 6.54 Å². The molecule has 1 N–H and O–H groups in total. The third-order valence-electron chi connectivity index (χ3n) is 3.46. The predicted molar refractivity (Wildman–Crippen MR) is 84.2 cm³/mol. The van der Waals surface area contributed by atoms with Gasteiger partial charge in [0.2, 0.25) is 0 Å². The SMILES string of the molecule is Cc1cccc(C)c1CNCCCOc1ccccc1. The van der Waals surface area contributed by atoms with Gasteiger partial charge in [-0.15, -0.1) is 0 Å². The maximum absolute atomic E-state index is 5.67. The van der Waals surface area contributed by atoms with Gasteiger partial charge >= 0.3 is 0 Å². The van der Waals surface area contributed by atoms with Crippen LogP contribution in [0.3, 0.4) is 0 Å². The van der Waals surface area contributed by atoms with Crippen molar-refractivity contribution in [2.45, 2.75) is 26.8 Å². The maximum Gasteiger partial charge on any atom is 0.119 e. The molecule has 2 heteroatoms. The minimum atomic E-state index is 0.754. The summed E-state index contributed by atoms with van der Waals surface area (Å²) >= 11 is 0. The standard InChI is InChI=1S/C18H23NO/c1-15-8-6-9-16(2)18(15)14-19-12-7-13-20-17-10-4-3-5-11-17/h3-6,8-11,19H,7,12-14H2,1-2H3. The minimum absolute atomic E-state index is 0.754. The zero-order valence-electron chi connectivity index (χ0n) is 12.4. The number of nitrogens with one attached hydrogen (secondary N) is 1. The fourth-order valence-electron chi connectivity index (χ4n) is 2.25. The number of ether oxygens (including phenoxy) is 1. The largest absolute Gasteiger partial charge is 0.494 e. The first-order valence-corrected chi connectivity index (χ1v) is 7.21. The van der Waals surface area contributed by atoms with Crippen LogP contribution in [0.5, 0.6) is 5.75 Å². The molecular formula is C18H23NO. The first-order chi connectivity index (χ1) is 9.77. The molecule has 0 saturated carbocycles. The van der Waals surface area contributed by atoms with Crippen molar-refractivity contribution in [3.63, 3.8) is 0 Å². The molecule has 0 aliphatic carbocycles. The molecule has 0 aliphatic rings. The van der Waals surface area contributed by atoms with E-state index < -0.39 is 0 Å². The van der Waals surface area contributed by atoms with Gasteiger partial charge < -0.3 is 10.1 Å². The smallest absolute Gasteiger partial charge is 0.119 e. The summed E-state index contributed by atoms with van der Waals surface area (Å²) in [7, 11) is 0. The molecule has 0 aromatic heterocycles. The number of benzene rings is 2. The Labute approximate surface area is 121 Å². The Morgan fingerprint density at radius 3 is 2.30 bits per heavy atom. The molecule has 0 amide bonds. The summed E-state index contributed by atoms with van der Waals surface area (Å²) in [6.45, 7) is 7.00. The van der Waals surface area contributed by atoms with Crippen LogP contribution in [0, 0.1) is 13.8 Å². The number of para-hydroxylation sites is 1. The topological polar surface area (TPSA) is 21.3 Å². The van der Waals surface area contributed by atoms with E-state index in [9.17, 15) is 0 Å². The average molecular weight is 269 g/mol. The lowest BCUT2D eigenvalue weighted by Crippen LogP contribution is -2.18. The highest BCUT2D eigenvalue weighted by Gasteiger charge is 2.01. The van der Waals surface area contributed by atoms with Crippen LogP contribution in [-0.4, -0.2) is 13.2 Å². The Morgan fingerprint density at radius 2 is 1.60 bits per heavy atom. The molecule has 2 aromatic rings. The normalized spacial score (nSPS) is 10.5. The van der Waals surface area contributed by atoms with Crippen molar-refractivity contribution >= 4 is 0 Å². The van der Waals surface area contributed by atoms with Gasteiger partial charge in [-0.2, -0.15) is 0 Å². The summed E-state index contributed by atoms with van der Waals surface area (Å²) in [6.07, 6.45) is 1.01. The first-order valence-electron chi connectivity index (χ1n) is 7.21. The number of hydrogen-bond donors (Lipinski definition) is 1. The van der Waals surface area contributed by atoms with Gasteiger partial charge in [-0.25, -0.2) is 0 Å². The summed E-state index contributed by atoms with van der Waals surface area (Å²) in [5.74, 6) is 0.947. The Morgan fingerprint density at radius 1 is 0.900 bits per heavy atom. The molecular weight excluding hydrogens is 246 g/mol. The molecule has 20 heavy (non-hydrogen) atoms. The quantitative estimate of drug-likeness (QED) is 0.771. The second kappa shape index (κ2) is 7.71. The Bertz CT molecular complexity index is 502. The molecule has 0 fully saturated rings. The van der Waals surface area contributed by atoms with E-state index in [2.05, 4.69) is 37.4 Å². The van der Waals surface area contributed by atoms with Crippen LogP contribution in [0.25, 0.3) is 0 Å². The fourth-order valence-corrected chi connectivity index (χ4v) is 2.25. The van der Waals surface area contributed by atoms with Crippen molar-refractivity contribution in [2.24, 2.45) is 0 Å². The Hall–Kier alpha value is -1.80. The van der Waals surface area contributed by atoms with Crippen LogP contribution in [0.1, 0.15) is 23.1 Å². The van der Waals surface area contributed by atoms with E-state index in [0.717, 1.165) is 31.9 Å². The van der Waals surface area contributed by atoms with Crippen molar-refractivity contribution in [3.05, 3.63) is 65.2 Å². The van der Waals surface area contributed by atoms with Crippen molar-refractivity contribution in [1.82, 2.24) is 5.32 Å². The second-order valence-electron chi connectivity index (χ2n) is 5.06. The average Bonchev–Trinajstić information content (AvgIpc) is 2.46. The van der Waals surface area contributed by atoms with Crippen molar-refractivity contribution in [3.8, 4) is 5.75 Å². The molecule has 0 heterocycles. The van der Waals surface area contributed by atoms with E-state index in [1.54, 1.807) is 0 Å². The van der Waals surface area contributed by atoms with E-state index in [-0.39, 0.29) is 0 Å². The molecule has 0 atom stereocenters. The predicted octanol–water partition coefficient (Wildman–Crippen LogP) is 3.86. The molecule has 0 aliphatic heterocycles. The maximum atomic E-state index is 5.67. The first kappa shape index (κ1) is 14.6. The van der Waals surface area contributed by atoms with E-state index in [1.165, 1.54) is 16.7 Å². The van der Waals surface area contributed by atoms with Gasteiger partial charge in [0.1, 0.15) is 5.75 Å². The third kappa shape index (κ3) is 4.39. The molecule has 0 spiro atoms. The highest BCUT2D eigenvalue weighted by Crippen LogP contribution is 2.12. The minimum Gasteiger partial charge on any atom is -0.494 e. The van der Waals surface area contributed by atoms with Crippen LogP contribution in [0.15, 0.2) is 48.5 Å². The summed E-state index contributed by atoms with van der Waals surface area (Å²) < 4.78 is 5.67. The molecule has 0 unspecified atom stereocenters. The fraction of sp³-hybridized carbons (Fsp3) is 0.333. The molecule has 2 aromatic carbocycles. The summed E-state index contributed by atoms with van der Waals surface area (Å²) in [4.78, 5) is 0. The van der Waals surface area contributed by atoms with Crippen molar-refractivity contribution < 1.29 is 4.74 Å². The lowest BCUT2D eigenvalue weighted by molar-refractivity contribution is 0.308. The van der Waals surface area contributed by atoms with Gasteiger partial charge in [-0.05, 0) is 55.6 Å². The molecule has 2 rings (SSSR count). The molecule has 0 bridgehead atoms. The summed E-state index contributed by atoms with van der Waals surface area (Å²) in [5, 5.41) is 3.49. The van der Waals surface area contributed by atoms with Crippen LogP contribution in [0.2, 0.25) is 0 Å². The number of hydrogen-bond acceptors (Lipinski definition) is 2. The van der Waals surface area contributed by atoms with Gasteiger partial charge in [0, 0.05) is 6.54 Å². The van der Waals surface area contributed by atoms with Gasteiger partial charge in [-0.3, -0.25) is 0 Å². The molecule has 106 valence electrons. The van der Waals surface area contributed by atoms with Crippen LogP contribution in [0.4, 0.5) is 0 Å². The summed E-state index contributed by atoms with van der Waals surface area (Å²) in [5.41, 5.74) is 4.13. The van der Waals surface area contributed by atoms with E-state index in [4.69, 9.17) is 4.74 Å². The monoisotopic (exact) mass is 269 g/mol. The second-order valence-corrected chi connectivity index (χ2v) is 5.06. The molecule has 0 saturated heterocycles. The lowest BCUT2D eigenvalue weighted by Gasteiger charge is -2.11. The molecule has 2 nitrogen and oxygen atoms in total. The van der Waals surface area contributed by atoms with Crippen molar-refractivity contribution in [1.29, 1.82) is 0 Å². The lowest BCUT2D eigenvalue weighted by atomic mass is 10.0.